The summed E-state index contributed by atoms with van der Waals surface area (Å²) in [6, 6.07) is 0. The molecule has 0 atom stereocenters. The summed E-state index contributed by atoms with van der Waals surface area (Å²) in [5.74, 6) is -0.164. The van der Waals surface area contributed by atoms with Crippen LogP contribution in [0.1, 0.15) is 52.9 Å². The molecule has 0 saturated carbocycles. The summed E-state index contributed by atoms with van der Waals surface area (Å²) >= 11 is 0. The maximum Gasteiger partial charge on any atom is 0.534 e. The van der Waals surface area contributed by atoms with E-state index in [1.54, 1.807) is 25.7 Å². The number of halogens is 3. The molecule has 2 rings (SSSR count). The molecule has 0 aromatic heterocycles. The molecule has 1 amide bonds. The van der Waals surface area contributed by atoms with E-state index in [4.69, 9.17) is 4.74 Å². The summed E-state index contributed by atoms with van der Waals surface area (Å²) in [5.41, 5.74) is -6.15. The van der Waals surface area contributed by atoms with Gasteiger partial charge in [-0.2, -0.15) is 21.6 Å². The van der Waals surface area contributed by atoms with E-state index < -0.39 is 21.2 Å². The van der Waals surface area contributed by atoms with Crippen LogP contribution in [0.5, 0.6) is 0 Å². The smallest absolute Gasteiger partial charge is 0.444 e. The van der Waals surface area contributed by atoms with Gasteiger partial charge in [0.1, 0.15) is 11.4 Å². The molecule has 1 aliphatic heterocycles. The van der Waals surface area contributed by atoms with Crippen molar-refractivity contribution in [3.05, 3.63) is 11.8 Å². The van der Waals surface area contributed by atoms with Crippen LogP contribution in [0.3, 0.4) is 0 Å². The molecule has 0 N–H and O–H groups in total. The molecule has 2 aliphatic rings. The third kappa shape index (κ3) is 5.05. The minimum atomic E-state index is -5.61. The normalized spacial score (nSPS) is 21.3. The lowest BCUT2D eigenvalue weighted by molar-refractivity contribution is -0.0526. The molecule has 1 fully saturated rings. The highest BCUT2D eigenvalue weighted by Gasteiger charge is 2.49. The predicted octanol–water partition coefficient (Wildman–Crippen LogP) is 3.94. The molecule has 0 radical (unpaired) electrons. The van der Waals surface area contributed by atoms with Gasteiger partial charge in [-0.15, -0.1) is 0 Å². The van der Waals surface area contributed by atoms with Crippen molar-refractivity contribution in [1.82, 2.24) is 4.90 Å². The summed E-state index contributed by atoms with van der Waals surface area (Å²) in [4.78, 5) is 13.7. The highest BCUT2D eigenvalue weighted by molar-refractivity contribution is 7.87. The number of rotatable bonds is 2. The van der Waals surface area contributed by atoms with Crippen LogP contribution in [0.25, 0.3) is 0 Å². The van der Waals surface area contributed by atoms with Gasteiger partial charge in [0, 0.05) is 19.5 Å². The Morgan fingerprint density at radius 1 is 1.15 bits per heavy atom. The maximum absolute atomic E-state index is 12.4. The van der Waals surface area contributed by atoms with Gasteiger partial charge in [-0.25, -0.2) is 4.79 Å². The Morgan fingerprint density at radius 2 is 1.73 bits per heavy atom. The van der Waals surface area contributed by atoms with E-state index in [0.717, 1.165) is 0 Å². The summed E-state index contributed by atoms with van der Waals surface area (Å²) in [6.45, 7) is 6.37. The fourth-order valence-corrected chi connectivity index (χ4v) is 3.66. The Kier molecular flexibility index (Phi) is 5.56. The van der Waals surface area contributed by atoms with E-state index in [1.807, 2.05) is 0 Å². The Hall–Kier alpha value is -1.45. The first-order chi connectivity index (χ1) is 11.7. The second kappa shape index (κ2) is 6.94. The van der Waals surface area contributed by atoms with Crippen molar-refractivity contribution in [3.8, 4) is 0 Å². The molecule has 0 aromatic carbocycles. The van der Waals surface area contributed by atoms with Crippen molar-refractivity contribution in [1.29, 1.82) is 0 Å². The van der Waals surface area contributed by atoms with Gasteiger partial charge in [-0.1, -0.05) is 0 Å². The molecule has 1 saturated heterocycles. The zero-order chi connectivity index (χ0) is 19.8. The van der Waals surface area contributed by atoms with Crippen molar-refractivity contribution in [3.63, 3.8) is 0 Å². The number of hydrogen-bond acceptors (Lipinski definition) is 5. The van der Waals surface area contributed by atoms with E-state index in [2.05, 4.69) is 4.18 Å². The van der Waals surface area contributed by atoms with Crippen LogP contribution >= 0.6 is 0 Å². The molecule has 1 heterocycles. The SMILES string of the molecule is CC(C)(C)OC(=O)N1CCC2(CC=C(OS(=O)(=O)C(F)(F)F)CC2)CC1. The summed E-state index contributed by atoms with van der Waals surface area (Å²) < 4.78 is 68.9. The quantitative estimate of drug-likeness (QED) is 0.520. The van der Waals surface area contributed by atoms with Crippen molar-refractivity contribution in [2.75, 3.05) is 13.1 Å². The van der Waals surface area contributed by atoms with Crippen molar-refractivity contribution in [2.45, 2.75) is 64.0 Å². The minimum absolute atomic E-state index is 0.127. The van der Waals surface area contributed by atoms with Gasteiger partial charge in [0.15, 0.2) is 0 Å². The zero-order valence-electron chi connectivity index (χ0n) is 15.1. The first kappa shape index (κ1) is 20.9. The Balaban J connectivity index is 1.92. The summed E-state index contributed by atoms with van der Waals surface area (Å²) in [6.07, 6.45) is 3.49. The van der Waals surface area contributed by atoms with Crippen LogP contribution in [-0.4, -0.2) is 43.6 Å². The van der Waals surface area contributed by atoms with E-state index in [1.165, 1.54) is 6.08 Å². The second-order valence-corrected chi connectivity index (χ2v) is 9.36. The van der Waals surface area contributed by atoms with Gasteiger partial charge in [0.2, 0.25) is 0 Å². The van der Waals surface area contributed by atoms with Crippen LogP contribution < -0.4 is 0 Å². The third-order valence-electron chi connectivity index (χ3n) is 4.64. The monoisotopic (exact) mass is 399 g/mol. The van der Waals surface area contributed by atoms with E-state index >= 15 is 0 Å². The van der Waals surface area contributed by atoms with Crippen LogP contribution in [-0.2, 0) is 19.0 Å². The summed E-state index contributed by atoms with van der Waals surface area (Å²) in [5, 5.41) is 0. The predicted molar refractivity (Wildman–Crippen MR) is 87.5 cm³/mol. The Morgan fingerprint density at radius 3 is 2.15 bits per heavy atom. The van der Waals surface area contributed by atoms with Crippen LogP contribution in [0.2, 0.25) is 0 Å². The van der Waals surface area contributed by atoms with Gasteiger partial charge in [0.05, 0.1) is 0 Å². The summed E-state index contributed by atoms with van der Waals surface area (Å²) in [7, 11) is -5.61. The second-order valence-electron chi connectivity index (χ2n) is 7.83. The fraction of sp³-hybridized carbons (Fsp3) is 0.812. The number of piperidine rings is 1. The zero-order valence-corrected chi connectivity index (χ0v) is 15.9. The van der Waals surface area contributed by atoms with Gasteiger partial charge < -0.3 is 13.8 Å². The highest BCUT2D eigenvalue weighted by atomic mass is 32.2. The lowest BCUT2D eigenvalue weighted by Crippen LogP contribution is -2.45. The molecule has 1 spiro atoms. The van der Waals surface area contributed by atoms with Gasteiger partial charge >= 0.3 is 21.7 Å². The van der Waals surface area contributed by atoms with E-state index in [0.29, 0.717) is 38.8 Å². The molecule has 0 bridgehead atoms. The maximum atomic E-state index is 12.4. The molecule has 150 valence electrons. The van der Waals surface area contributed by atoms with E-state index in [9.17, 15) is 26.4 Å². The molecular weight excluding hydrogens is 375 g/mol. The topological polar surface area (TPSA) is 72.9 Å². The molecule has 6 nitrogen and oxygen atoms in total. The van der Waals surface area contributed by atoms with Crippen LogP contribution in [0, 0.1) is 5.41 Å². The van der Waals surface area contributed by atoms with Crippen molar-refractivity contribution < 1.29 is 35.3 Å². The molecule has 0 aromatic rings. The minimum Gasteiger partial charge on any atom is -0.444 e. The van der Waals surface area contributed by atoms with Gasteiger partial charge in [-0.3, -0.25) is 0 Å². The number of amides is 1. The first-order valence-corrected chi connectivity index (χ1v) is 9.82. The number of likely N-dealkylation sites (tertiary alicyclic amines) is 1. The first-order valence-electron chi connectivity index (χ1n) is 8.41. The van der Waals surface area contributed by atoms with Gasteiger partial charge in [-0.05, 0) is 57.9 Å². The van der Waals surface area contributed by atoms with Gasteiger partial charge in [0.25, 0.3) is 0 Å². The average Bonchev–Trinajstić information content (AvgIpc) is 2.47. The largest absolute Gasteiger partial charge is 0.534 e. The number of nitrogens with zero attached hydrogens (tertiary/aromatic N) is 1. The number of carbonyl (C=O) groups is 1. The molecule has 1 aliphatic carbocycles. The molecule has 0 unspecified atom stereocenters. The Labute approximate surface area is 151 Å². The standard InChI is InChI=1S/C16H24F3NO5S/c1-14(2,3)24-13(21)20-10-8-15(9-11-20)6-4-12(5-7-15)25-26(22,23)16(17,18)19/h4H,5-11H2,1-3H3. The lowest BCUT2D eigenvalue weighted by Gasteiger charge is -2.43. The average molecular weight is 399 g/mol. The fourth-order valence-electron chi connectivity index (χ4n) is 3.13. The van der Waals surface area contributed by atoms with Crippen LogP contribution in [0.15, 0.2) is 11.8 Å². The van der Waals surface area contributed by atoms with Crippen LogP contribution in [0.4, 0.5) is 18.0 Å². The number of hydrogen-bond donors (Lipinski definition) is 0. The number of alkyl halides is 3. The molecular formula is C16H24F3NO5S. The number of carbonyl (C=O) groups excluding carboxylic acids is 1. The number of allylic oxidation sites excluding steroid dienone is 2. The van der Waals surface area contributed by atoms with Crippen molar-refractivity contribution in [2.24, 2.45) is 5.41 Å². The Bertz CT molecular complexity index is 671. The molecule has 26 heavy (non-hydrogen) atoms. The highest BCUT2D eigenvalue weighted by Crippen LogP contribution is 2.45. The third-order valence-corrected chi connectivity index (χ3v) is 5.64. The molecule has 10 heteroatoms. The van der Waals surface area contributed by atoms with Crippen molar-refractivity contribution >= 4 is 16.2 Å². The number of ether oxygens (including phenoxy) is 1. The lowest BCUT2D eigenvalue weighted by atomic mass is 9.70. The van der Waals surface area contributed by atoms with E-state index in [-0.39, 0.29) is 23.7 Å².